The van der Waals surface area contributed by atoms with Gasteiger partial charge in [0.1, 0.15) is 0 Å². The van der Waals surface area contributed by atoms with Crippen LogP contribution in [0.1, 0.15) is 30.9 Å². The number of rotatable bonds is 5. The molecule has 0 atom stereocenters. The number of aryl methyl sites for hydroxylation is 1. The molecule has 0 bridgehead atoms. The van der Waals surface area contributed by atoms with E-state index in [2.05, 4.69) is 57.4 Å². The first kappa shape index (κ1) is 13.9. The molecule has 0 N–H and O–H groups in total. The Morgan fingerprint density at radius 2 is 1.88 bits per heavy atom. The lowest BCUT2D eigenvalue weighted by molar-refractivity contribution is 0.784. The summed E-state index contributed by atoms with van der Waals surface area (Å²) >= 11 is 4.54. The van der Waals surface area contributed by atoms with Crippen LogP contribution in [-0.2, 0) is 12.5 Å². The van der Waals surface area contributed by atoms with Crippen LogP contribution in [0, 0.1) is 0 Å². The van der Waals surface area contributed by atoms with Crippen LogP contribution in [0.3, 0.4) is 0 Å². The smallest absolute Gasteiger partial charge is 0.0487 e. The number of thiol groups is 1. The third-order valence-corrected chi connectivity index (χ3v) is 4.58. The zero-order valence-electron chi connectivity index (χ0n) is 11.0. The van der Waals surface area contributed by atoms with Crippen LogP contribution in [0.2, 0.25) is 19.6 Å². The molecule has 0 spiro atoms. The molecule has 1 aromatic rings. The van der Waals surface area contributed by atoms with Crippen molar-refractivity contribution in [2.75, 3.05) is 0 Å². The molecule has 0 radical (unpaired) electrons. The Kier molecular flexibility index (Phi) is 5.13. The normalized spacial score (nSPS) is 11.8. The molecule has 0 amide bonds. The van der Waals surface area contributed by atoms with Gasteiger partial charge in [0.05, 0.1) is 0 Å². The van der Waals surface area contributed by atoms with Crippen molar-refractivity contribution < 1.29 is 0 Å². The van der Waals surface area contributed by atoms with Gasteiger partial charge in [-0.15, -0.1) is 12.6 Å². The molecule has 0 saturated carbocycles. The summed E-state index contributed by atoms with van der Waals surface area (Å²) in [5.74, 6) is 0. The van der Waals surface area contributed by atoms with Gasteiger partial charge in [0.2, 0.25) is 0 Å². The van der Waals surface area contributed by atoms with Crippen molar-refractivity contribution >= 4 is 20.7 Å². The Bertz CT molecular complexity index is 339. The zero-order chi connectivity index (χ0) is 12.2. The second-order valence-electron chi connectivity index (χ2n) is 5.80. The molecule has 0 fully saturated rings. The minimum Gasteiger partial charge on any atom is -0.143 e. The monoisotopic (exact) mass is 252 g/mol. The highest BCUT2D eigenvalue weighted by Crippen LogP contribution is 2.20. The summed E-state index contributed by atoms with van der Waals surface area (Å²) in [6.45, 7) is 9.51. The quantitative estimate of drug-likeness (QED) is 0.568. The van der Waals surface area contributed by atoms with Gasteiger partial charge in [0.25, 0.3) is 0 Å². The topological polar surface area (TPSA) is 0 Å². The molecule has 0 unspecified atom stereocenters. The average molecular weight is 252 g/mol. The van der Waals surface area contributed by atoms with Crippen molar-refractivity contribution in [2.45, 2.75) is 56.8 Å². The van der Waals surface area contributed by atoms with Crippen molar-refractivity contribution in [3.8, 4) is 0 Å². The molecule has 0 aliphatic heterocycles. The fraction of sp³-hybridized carbons (Fsp3) is 0.571. The maximum atomic E-state index is 4.54. The Morgan fingerprint density at radius 3 is 2.44 bits per heavy atom. The lowest BCUT2D eigenvalue weighted by atomic mass is 10.1. The van der Waals surface area contributed by atoms with E-state index in [4.69, 9.17) is 0 Å². The van der Waals surface area contributed by atoms with Crippen LogP contribution < -0.4 is 0 Å². The number of hydrogen-bond acceptors (Lipinski definition) is 1. The van der Waals surface area contributed by atoms with Gasteiger partial charge < -0.3 is 0 Å². The molecule has 16 heavy (non-hydrogen) atoms. The minimum atomic E-state index is -0.995. The van der Waals surface area contributed by atoms with Gasteiger partial charge in [0, 0.05) is 13.0 Å². The molecule has 0 nitrogen and oxygen atoms in total. The van der Waals surface area contributed by atoms with E-state index in [-0.39, 0.29) is 0 Å². The van der Waals surface area contributed by atoms with Gasteiger partial charge >= 0.3 is 0 Å². The first-order valence-electron chi connectivity index (χ1n) is 6.23. The second-order valence-corrected chi connectivity index (χ2v) is 11.8. The van der Waals surface area contributed by atoms with Crippen molar-refractivity contribution in [2.24, 2.45) is 0 Å². The van der Waals surface area contributed by atoms with Gasteiger partial charge in [-0.1, -0.05) is 50.7 Å². The fourth-order valence-electron chi connectivity index (χ4n) is 1.93. The van der Waals surface area contributed by atoms with E-state index in [0.717, 1.165) is 4.90 Å². The highest BCUT2D eigenvalue weighted by molar-refractivity contribution is 7.80. The third-order valence-electron chi connectivity index (χ3n) is 2.68. The zero-order valence-corrected chi connectivity index (χ0v) is 12.9. The van der Waals surface area contributed by atoms with Crippen LogP contribution in [0.4, 0.5) is 0 Å². The summed E-state index contributed by atoms with van der Waals surface area (Å²) in [4.78, 5) is 1.16. The Hall–Kier alpha value is -0.213. The van der Waals surface area contributed by atoms with Crippen LogP contribution >= 0.6 is 12.6 Å². The summed E-state index contributed by atoms with van der Waals surface area (Å²) in [7, 11) is -0.995. The van der Waals surface area contributed by atoms with E-state index < -0.39 is 8.07 Å². The molecule has 2 heteroatoms. The van der Waals surface area contributed by atoms with Gasteiger partial charge in [-0.25, -0.2) is 0 Å². The SMILES string of the molecule is CCCCc1cc(C[Si](C)(C)C)ccc1S. The van der Waals surface area contributed by atoms with E-state index in [0.29, 0.717) is 0 Å². The van der Waals surface area contributed by atoms with Crippen molar-refractivity contribution in [1.29, 1.82) is 0 Å². The molecule has 0 aliphatic rings. The van der Waals surface area contributed by atoms with Crippen molar-refractivity contribution in [1.82, 2.24) is 0 Å². The molecule has 0 heterocycles. The maximum Gasteiger partial charge on any atom is 0.0487 e. The van der Waals surface area contributed by atoms with Gasteiger partial charge in [0.15, 0.2) is 0 Å². The highest BCUT2D eigenvalue weighted by atomic mass is 32.1. The molecular weight excluding hydrogens is 228 g/mol. The molecule has 90 valence electrons. The van der Waals surface area contributed by atoms with E-state index in [9.17, 15) is 0 Å². The molecule has 0 aromatic heterocycles. The first-order valence-corrected chi connectivity index (χ1v) is 10.4. The molecule has 1 rings (SSSR count). The lowest BCUT2D eigenvalue weighted by Gasteiger charge is -2.17. The Labute approximate surface area is 107 Å². The van der Waals surface area contributed by atoms with Crippen LogP contribution in [0.5, 0.6) is 0 Å². The molecule has 0 saturated heterocycles. The van der Waals surface area contributed by atoms with E-state index >= 15 is 0 Å². The largest absolute Gasteiger partial charge is 0.143 e. The standard InChI is InChI=1S/C14H24SSi/c1-5-6-7-13-10-12(8-9-14(13)15)11-16(2,3)4/h8-10,15H,5-7,11H2,1-4H3. The minimum absolute atomic E-state index is 0.995. The van der Waals surface area contributed by atoms with E-state index in [1.807, 2.05) is 0 Å². The summed E-state index contributed by atoms with van der Waals surface area (Å²) in [6, 6.07) is 8.07. The van der Waals surface area contributed by atoms with Gasteiger partial charge in [-0.2, -0.15) is 0 Å². The number of benzene rings is 1. The van der Waals surface area contributed by atoms with Gasteiger partial charge in [-0.3, -0.25) is 0 Å². The summed E-state index contributed by atoms with van der Waals surface area (Å²) in [5, 5.41) is 0. The van der Waals surface area contributed by atoms with Gasteiger partial charge in [-0.05, 0) is 30.5 Å². The molecule has 0 aliphatic carbocycles. The van der Waals surface area contributed by atoms with Crippen molar-refractivity contribution in [3.05, 3.63) is 29.3 Å². The Morgan fingerprint density at radius 1 is 1.19 bits per heavy atom. The number of unbranched alkanes of at least 4 members (excludes halogenated alkanes) is 1. The van der Waals surface area contributed by atoms with Crippen LogP contribution in [0.25, 0.3) is 0 Å². The highest BCUT2D eigenvalue weighted by Gasteiger charge is 2.14. The second kappa shape index (κ2) is 5.92. The van der Waals surface area contributed by atoms with Crippen LogP contribution in [0.15, 0.2) is 23.1 Å². The predicted octanol–water partition coefficient (Wildman–Crippen LogP) is 4.74. The number of hydrogen-bond donors (Lipinski definition) is 1. The Balaban J connectivity index is 2.81. The third kappa shape index (κ3) is 4.75. The fourth-order valence-corrected chi connectivity index (χ4v) is 3.62. The van der Waals surface area contributed by atoms with Crippen LogP contribution in [-0.4, -0.2) is 8.07 Å². The summed E-state index contributed by atoms with van der Waals surface area (Å²) < 4.78 is 0. The molecule has 1 aromatic carbocycles. The van der Waals surface area contributed by atoms with E-state index in [1.165, 1.54) is 36.4 Å². The first-order chi connectivity index (χ1) is 7.42. The summed E-state index contributed by atoms with van der Waals surface area (Å²) in [6.07, 6.45) is 3.70. The molecular formula is C14H24SSi. The average Bonchev–Trinajstić information content (AvgIpc) is 2.17. The van der Waals surface area contributed by atoms with E-state index in [1.54, 1.807) is 0 Å². The maximum absolute atomic E-state index is 4.54. The van der Waals surface area contributed by atoms with Crippen molar-refractivity contribution in [3.63, 3.8) is 0 Å². The summed E-state index contributed by atoms with van der Waals surface area (Å²) in [5.41, 5.74) is 2.93. The lowest BCUT2D eigenvalue weighted by Crippen LogP contribution is -2.23. The predicted molar refractivity (Wildman–Crippen MR) is 79.4 cm³/mol.